The molecule has 0 radical (unpaired) electrons. The van der Waals surface area contributed by atoms with E-state index in [1.165, 1.54) is 37.0 Å². The van der Waals surface area contributed by atoms with Crippen LogP contribution in [-0.2, 0) is 0 Å². The molecular weight excluding hydrogens is 667 g/mol. The highest BCUT2D eigenvalue weighted by molar-refractivity contribution is 7.26. The third-order valence-electron chi connectivity index (χ3n) is 10.8. The fourth-order valence-electron chi connectivity index (χ4n) is 8.55. The van der Waals surface area contributed by atoms with E-state index in [0.717, 1.165) is 71.1 Å². The summed E-state index contributed by atoms with van der Waals surface area (Å²) in [5.41, 5.74) is 8.81. The van der Waals surface area contributed by atoms with Gasteiger partial charge in [-0.25, -0.2) is 9.97 Å². The number of aromatic nitrogens is 3. The molecule has 8 aromatic carbocycles. The Bertz CT molecular complexity index is 3460. The fourth-order valence-corrected chi connectivity index (χ4v) is 9.69. The van der Waals surface area contributed by atoms with Crippen molar-refractivity contribution in [1.29, 1.82) is 0 Å². The van der Waals surface area contributed by atoms with Gasteiger partial charge in [0.15, 0.2) is 11.4 Å². The van der Waals surface area contributed by atoms with Crippen molar-refractivity contribution in [3.8, 4) is 28.3 Å². The molecule has 0 unspecified atom stereocenters. The summed E-state index contributed by atoms with van der Waals surface area (Å²) < 4.78 is 11.9. The van der Waals surface area contributed by atoms with Gasteiger partial charge in [-0.2, -0.15) is 0 Å². The Labute approximate surface area is 306 Å². The van der Waals surface area contributed by atoms with Gasteiger partial charge in [0.25, 0.3) is 0 Å². The second kappa shape index (κ2) is 10.8. The number of hydrogen-bond donors (Lipinski definition) is 0. The van der Waals surface area contributed by atoms with Crippen molar-refractivity contribution in [1.82, 2.24) is 14.5 Å². The number of rotatable bonds is 3. The molecule has 0 aliphatic heterocycles. The van der Waals surface area contributed by atoms with Gasteiger partial charge in [0.1, 0.15) is 5.58 Å². The Hall–Kier alpha value is -6.82. The fraction of sp³-hybridized carbons (Fsp3) is 0. The summed E-state index contributed by atoms with van der Waals surface area (Å²) in [4.78, 5) is 10.8. The van der Waals surface area contributed by atoms with Crippen LogP contribution in [-0.4, -0.2) is 14.5 Å². The van der Waals surface area contributed by atoms with Crippen molar-refractivity contribution < 1.29 is 4.42 Å². The number of fused-ring (bicyclic) bond motifs is 14. The molecule has 12 rings (SSSR count). The van der Waals surface area contributed by atoms with Crippen molar-refractivity contribution in [3.63, 3.8) is 0 Å². The van der Waals surface area contributed by atoms with E-state index in [9.17, 15) is 0 Å². The summed E-state index contributed by atoms with van der Waals surface area (Å²) in [7, 11) is 0. The largest absolute Gasteiger partial charge is 0.453 e. The lowest BCUT2D eigenvalue weighted by atomic mass is 9.98. The Balaban J connectivity index is 1.24. The van der Waals surface area contributed by atoms with Gasteiger partial charge in [-0.3, -0.25) is 0 Å². The van der Waals surface area contributed by atoms with Crippen LogP contribution in [0.4, 0.5) is 0 Å². The van der Waals surface area contributed by atoms with E-state index >= 15 is 0 Å². The SMILES string of the molecule is c1ccc(-n2c3ccccc3c3c4ccccc4c4c5cccc(-c6nc(-c7cccc8ccccc78)c7sc8ccccc8c7n6)c5oc4c32)cc1. The number of para-hydroxylation sites is 3. The molecule has 53 heavy (non-hydrogen) atoms. The molecule has 4 nitrogen and oxygen atoms in total. The van der Waals surface area contributed by atoms with Gasteiger partial charge in [0.2, 0.25) is 0 Å². The zero-order valence-electron chi connectivity index (χ0n) is 28.2. The maximum atomic E-state index is 7.25. The molecule has 246 valence electrons. The molecule has 0 aliphatic rings. The minimum atomic E-state index is 0.651. The minimum absolute atomic E-state index is 0.651. The Kier molecular flexibility index (Phi) is 5.90. The second-order valence-electron chi connectivity index (χ2n) is 13.6. The summed E-state index contributed by atoms with van der Waals surface area (Å²) in [5, 5.41) is 10.4. The zero-order valence-corrected chi connectivity index (χ0v) is 29.1. The highest BCUT2D eigenvalue weighted by Gasteiger charge is 2.25. The third-order valence-corrected chi connectivity index (χ3v) is 12.0. The van der Waals surface area contributed by atoms with Gasteiger partial charge in [-0.15, -0.1) is 11.3 Å². The molecule has 0 amide bonds. The number of furan rings is 1. The molecule has 0 fully saturated rings. The molecule has 0 N–H and O–H groups in total. The van der Waals surface area contributed by atoms with Gasteiger partial charge in [0.05, 0.1) is 32.5 Å². The second-order valence-corrected chi connectivity index (χ2v) is 14.7. The number of hydrogen-bond acceptors (Lipinski definition) is 4. The molecule has 4 heterocycles. The first-order valence-electron chi connectivity index (χ1n) is 17.8. The molecule has 0 bridgehead atoms. The molecule has 4 aromatic heterocycles. The summed E-state index contributed by atoms with van der Waals surface area (Å²) in [6.45, 7) is 0. The van der Waals surface area contributed by atoms with E-state index in [0.29, 0.717) is 5.82 Å². The topological polar surface area (TPSA) is 43.9 Å². The average Bonchev–Trinajstić information content (AvgIpc) is 3.91. The van der Waals surface area contributed by atoms with Crippen LogP contribution in [0.15, 0.2) is 168 Å². The first-order chi connectivity index (χ1) is 26.3. The first kappa shape index (κ1) is 28.8. The molecule has 0 spiro atoms. The predicted molar refractivity (Wildman–Crippen MR) is 222 cm³/mol. The van der Waals surface area contributed by atoms with Crippen LogP contribution >= 0.6 is 11.3 Å². The van der Waals surface area contributed by atoms with Crippen molar-refractivity contribution in [3.05, 3.63) is 164 Å². The highest BCUT2D eigenvalue weighted by atomic mass is 32.1. The summed E-state index contributed by atoms with van der Waals surface area (Å²) in [6, 6.07) is 58.0. The van der Waals surface area contributed by atoms with E-state index in [2.05, 4.69) is 168 Å². The van der Waals surface area contributed by atoms with E-state index < -0.39 is 0 Å². The quantitative estimate of drug-likeness (QED) is 0.185. The van der Waals surface area contributed by atoms with Crippen LogP contribution in [0.5, 0.6) is 0 Å². The first-order valence-corrected chi connectivity index (χ1v) is 18.7. The summed E-state index contributed by atoms with van der Waals surface area (Å²) in [5.74, 6) is 0.651. The molecule has 12 aromatic rings. The van der Waals surface area contributed by atoms with Gasteiger partial charge in [0, 0.05) is 42.9 Å². The van der Waals surface area contributed by atoms with Gasteiger partial charge < -0.3 is 8.98 Å². The summed E-state index contributed by atoms with van der Waals surface area (Å²) in [6.07, 6.45) is 0. The van der Waals surface area contributed by atoms with Crippen LogP contribution in [0.2, 0.25) is 0 Å². The Morgan fingerprint density at radius 3 is 1.98 bits per heavy atom. The number of thiophene rings is 1. The predicted octanol–water partition coefficient (Wildman–Crippen LogP) is 13.5. The van der Waals surface area contributed by atoms with Gasteiger partial charge >= 0.3 is 0 Å². The highest BCUT2D eigenvalue weighted by Crippen LogP contribution is 2.48. The Morgan fingerprint density at radius 2 is 1.11 bits per heavy atom. The Morgan fingerprint density at radius 1 is 0.472 bits per heavy atom. The maximum absolute atomic E-state index is 7.25. The molecule has 0 atom stereocenters. The molecule has 5 heteroatoms. The zero-order chi connectivity index (χ0) is 34.6. The minimum Gasteiger partial charge on any atom is -0.453 e. The summed E-state index contributed by atoms with van der Waals surface area (Å²) >= 11 is 1.76. The van der Waals surface area contributed by atoms with Crippen LogP contribution in [0.1, 0.15) is 0 Å². The van der Waals surface area contributed by atoms with Crippen molar-refractivity contribution in [2.24, 2.45) is 0 Å². The molecule has 0 saturated heterocycles. The van der Waals surface area contributed by atoms with Crippen LogP contribution in [0.25, 0.3) is 114 Å². The standard InChI is InChI=1S/C48H27N3OS/c1-2-16-29(17-3-1)51-38-26-10-8-21-34(38)40-31-19-6-7-20-32(31)41-36-24-13-25-37(45(36)52-46(41)44(40)51)48-49-42(33-23-12-15-28-14-4-5-18-30(28)33)47-43(50-48)35-22-9-11-27-39(35)53-47/h1-27H. The van der Waals surface area contributed by atoms with E-state index in [1.807, 2.05) is 0 Å². The lowest BCUT2D eigenvalue weighted by molar-refractivity contribution is 0.672. The molecule has 0 saturated carbocycles. The van der Waals surface area contributed by atoms with E-state index in [-0.39, 0.29) is 0 Å². The van der Waals surface area contributed by atoms with Crippen LogP contribution in [0.3, 0.4) is 0 Å². The van der Waals surface area contributed by atoms with Crippen molar-refractivity contribution in [2.75, 3.05) is 0 Å². The van der Waals surface area contributed by atoms with Gasteiger partial charge in [-0.05, 0) is 51.9 Å². The third kappa shape index (κ3) is 4.00. The average molecular weight is 694 g/mol. The monoisotopic (exact) mass is 693 g/mol. The van der Waals surface area contributed by atoms with Crippen LogP contribution in [0, 0.1) is 0 Å². The normalized spacial score (nSPS) is 12.2. The van der Waals surface area contributed by atoms with Crippen LogP contribution < -0.4 is 0 Å². The van der Waals surface area contributed by atoms with Crippen molar-refractivity contribution in [2.45, 2.75) is 0 Å². The number of benzene rings is 8. The van der Waals surface area contributed by atoms with Crippen molar-refractivity contribution >= 4 is 96.9 Å². The molecular formula is C48H27N3OS. The maximum Gasteiger partial charge on any atom is 0.164 e. The lowest BCUT2D eigenvalue weighted by Crippen LogP contribution is -1.94. The van der Waals surface area contributed by atoms with E-state index in [4.69, 9.17) is 14.4 Å². The number of nitrogens with zero attached hydrogens (tertiary/aromatic N) is 3. The van der Waals surface area contributed by atoms with Gasteiger partial charge in [-0.1, -0.05) is 133 Å². The molecule has 0 aliphatic carbocycles. The van der Waals surface area contributed by atoms with E-state index in [1.54, 1.807) is 11.3 Å². The smallest absolute Gasteiger partial charge is 0.164 e. The lowest BCUT2D eigenvalue weighted by Gasteiger charge is -2.10.